The summed E-state index contributed by atoms with van der Waals surface area (Å²) in [4.78, 5) is 17.2. The lowest BCUT2D eigenvalue weighted by atomic mass is 9.99. The molecule has 0 saturated carbocycles. The molecule has 1 atom stereocenters. The summed E-state index contributed by atoms with van der Waals surface area (Å²) in [5, 5.41) is 9.71. The van der Waals surface area contributed by atoms with E-state index < -0.39 is 0 Å². The Morgan fingerprint density at radius 3 is 2.29 bits per heavy atom. The van der Waals surface area contributed by atoms with Crippen molar-refractivity contribution in [1.82, 2.24) is 9.80 Å². The first kappa shape index (κ1) is 14.5. The summed E-state index contributed by atoms with van der Waals surface area (Å²) in [5.41, 5.74) is 1.07. The molecule has 0 aliphatic carbocycles. The highest BCUT2D eigenvalue weighted by Gasteiger charge is 2.34. The molecule has 0 spiro atoms. The normalized spacial score (nSPS) is 22.4. The molecule has 0 bridgehead atoms. The summed E-state index contributed by atoms with van der Waals surface area (Å²) in [6, 6.07) is 9.89. The summed E-state index contributed by atoms with van der Waals surface area (Å²) < 4.78 is 0. The number of benzene rings is 1. The predicted molar refractivity (Wildman–Crippen MR) is 81.8 cm³/mol. The van der Waals surface area contributed by atoms with E-state index in [0.717, 1.165) is 57.4 Å². The first-order valence-corrected chi connectivity index (χ1v) is 8.01. The minimum atomic E-state index is -0.209. The van der Waals surface area contributed by atoms with Crippen LogP contribution in [0.2, 0.25) is 0 Å². The molecule has 1 aromatic rings. The van der Waals surface area contributed by atoms with Gasteiger partial charge in [-0.3, -0.25) is 9.69 Å². The maximum Gasteiger partial charge on any atom is 0.244 e. The van der Waals surface area contributed by atoms with Crippen molar-refractivity contribution in [1.29, 1.82) is 0 Å². The molecule has 2 fully saturated rings. The number of nitrogens with zero attached hydrogens (tertiary/aromatic N) is 2. The van der Waals surface area contributed by atoms with E-state index in [-0.39, 0.29) is 18.1 Å². The molecule has 4 heteroatoms. The summed E-state index contributed by atoms with van der Waals surface area (Å²) >= 11 is 0. The first-order valence-electron chi connectivity index (χ1n) is 8.01. The van der Waals surface area contributed by atoms with Crippen LogP contribution in [0, 0.1) is 0 Å². The number of amides is 1. The van der Waals surface area contributed by atoms with Gasteiger partial charge in [-0.05, 0) is 31.2 Å². The third-order valence-corrected chi connectivity index (χ3v) is 4.63. The van der Waals surface area contributed by atoms with Gasteiger partial charge in [-0.15, -0.1) is 0 Å². The molecule has 1 unspecified atom stereocenters. The van der Waals surface area contributed by atoms with E-state index in [1.165, 1.54) is 0 Å². The maximum atomic E-state index is 12.9. The largest absolute Gasteiger partial charge is 0.393 e. The van der Waals surface area contributed by atoms with Crippen molar-refractivity contribution in [2.24, 2.45) is 0 Å². The molecule has 21 heavy (non-hydrogen) atoms. The molecule has 0 radical (unpaired) electrons. The van der Waals surface area contributed by atoms with Crippen LogP contribution < -0.4 is 0 Å². The molecule has 2 saturated heterocycles. The topological polar surface area (TPSA) is 43.8 Å². The van der Waals surface area contributed by atoms with Crippen LogP contribution in [0.25, 0.3) is 0 Å². The fourth-order valence-electron chi connectivity index (χ4n) is 3.40. The minimum Gasteiger partial charge on any atom is -0.393 e. The lowest BCUT2D eigenvalue weighted by molar-refractivity contribution is -0.137. The summed E-state index contributed by atoms with van der Waals surface area (Å²) in [6.07, 6.45) is 3.55. The van der Waals surface area contributed by atoms with Crippen LogP contribution in [-0.2, 0) is 4.79 Å². The van der Waals surface area contributed by atoms with E-state index >= 15 is 0 Å². The van der Waals surface area contributed by atoms with E-state index in [0.29, 0.717) is 0 Å². The fourth-order valence-corrected chi connectivity index (χ4v) is 3.40. The Morgan fingerprint density at radius 2 is 1.67 bits per heavy atom. The van der Waals surface area contributed by atoms with Crippen molar-refractivity contribution >= 4 is 5.91 Å². The number of carbonyl (C=O) groups is 1. The van der Waals surface area contributed by atoms with Gasteiger partial charge in [-0.2, -0.15) is 0 Å². The molecular formula is C17H24N2O2. The summed E-state index contributed by atoms with van der Waals surface area (Å²) in [5.74, 6) is 0.232. The van der Waals surface area contributed by atoms with Gasteiger partial charge in [0.05, 0.1) is 6.10 Å². The van der Waals surface area contributed by atoms with Crippen molar-refractivity contribution < 1.29 is 9.90 Å². The Kier molecular flexibility index (Phi) is 4.56. The zero-order valence-electron chi connectivity index (χ0n) is 12.4. The van der Waals surface area contributed by atoms with Gasteiger partial charge in [0.2, 0.25) is 5.91 Å². The van der Waals surface area contributed by atoms with Crippen LogP contribution >= 0.6 is 0 Å². The number of rotatable bonds is 3. The molecule has 1 amide bonds. The number of likely N-dealkylation sites (tertiary alicyclic amines) is 2. The van der Waals surface area contributed by atoms with Gasteiger partial charge >= 0.3 is 0 Å². The van der Waals surface area contributed by atoms with Crippen LogP contribution in [0.3, 0.4) is 0 Å². The number of piperidine rings is 1. The third kappa shape index (κ3) is 3.27. The monoisotopic (exact) mass is 288 g/mol. The highest BCUT2D eigenvalue weighted by Crippen LogP contribution is 2.28. The second-order valence-corrected chi connectivity index (χ2v) is 6.11. The van der Waals surface area contributed by atoms with Gasteiger partial charge in [0, 0.05) is 26.2 Å². The maximum absolute atomic E-state index is 12.9. The van der Waals surface area contributed by atoms with Gasteiger partial charge in [0.15, 0.2) is 0 Å². The van der Waals surface area contributed by atoms with Crippen LogP contribution in [0.15, 0.2) is 30.3 Å². The minimum absolute atomic E-state index is 0.184. The number of aliphatic hydroxyl groups excluding tert-OH is 1. The average molecular weight is 288 g/mol. The highest BCUT2D eigenvalue weighted by molar-refractivity contribution is 5.83. The van der Waals surface area contributed by atoms with Gasteiger partial charge in [-0.25, -0.2) is 0 Å². The molecule has 4 nitrogen and oxygen atoms in total. The molecule has 1 N–H and O–H groups in total. The van der Waals surface area contributed by atoms with Crippen molar-refractivity contribution in [3.63, 3.8) is 0 Å². The predicted octanol–water partition coefficient (Wildman–Crippen LogP) is 1.81. The van der Waals surface area contributed by atoms with Crippen LogP contribution in [0.4, 0.5) is 0 Å². The van der Waals surface area contributed by atoms with Crippen molar-refractivity contribution in [3.8, 4) is 0 Å². The smallest absolute Gasteiger partial charge is 0.244 e. The summed E-state index contributed by atoms with van der Waals surface area (Å²) in [7, 11) is 0. The second-order valence-electron chi connectivity index (χ2n) is 6.11. The zero-order chi connectivity index (χ0) is 14.7. The fraction of sp³-hybridized carbons (Fsp3) is 0.588. The first-order chi connectivity index (χ1) is 10.3. The Bertz CT molecular complexity index is 463. The lowest BCUT2D eigenvalue weighted by Gasteiger charge is -2.37. The Morgan fingerprint density at radius 1 is 1.05 bits per heavy atom. The van der Waals surface area contributed by atoms with E-state index in [4.69, 9.17) is 0 Å². The van der Waals surface area contributed by atoms with Crippen molar-refractivity contribution in [2.75, 3.05) is 26.2 Å². The zero-order valence-corrected chi connectivity index (χ0v) is 12.4. The molecule has 114 valence electrons. The van der Waals surface area contributed by atoms with Gasteiger partial charge in [-0.1, -0.05) is 30.3 Å². The molecule has 2 aliphatic rings. The highest BCUT2D eigenvalue weighted by atomic mass is 16.3. The van der Waals surface area contributed by atoms with Gasteiger partial charge < -0.3 is 10.0 Å². The van der Waals surface area contributed by atoms with Gasteiger partial charge in [0.25, 0.3) is 0 Å². The van der Waals surface area contributed by atoms with Crippen molar-refractivity contribution in [2.45, 2.75) is 37.8 Å². The summed E-state index contributed by atoms with van der Waals surface area (Å²) in [6.45, 7) is 3.36. The number of hydrogen-bond donors (Lipinski definition) is 1. The molecule has 2 heterocycles. The van der Waals surface area contributed by atoms with Crippen LogP contribution in [0.5, 0.6) is 0 Å². The Balaban J connectivity index is 1.82. The van der Waals surface area contributed by atoms with Gasteiger partial charge in [0.1, 0.15) is 6.04 Å². The molecular weight excluding hydrogens is 264 g/mol. The van der Waals surface area contributed by atoms with E-state index in [2.05, 4.69) is 4.90 Å². The average Bonchev–Trinajstić information content (AvgIpc) is 3.05. The SMILES string of the molecule is O=C(C(c1ccccc1)N1CCC(O)CC1)N1CCCC1. The number of hydrogen-bond acceptors (Lipinski definition) is 3. The second kappa shape index (κ2) is 6.58. The number of aliphatic hydroxyl groups is 1. The standard InChI is InChI=1S/C17H24N2O2/c20-15-8-12-18(13-9-15)16(14-6-2-1-3-7-14)17(21)19-10-4-5-11-19/h1-3,6-7,15-16,20H,4-5,8-13H2. The van der Waals surface area contributed by atoms with E-state index in [1.807, 2.05) is 35.2 Å². The van der Waals surface area contributed by atoms with E-state index in [9.17, 15) is 9.90 Å². The molecule has 3 rings (SSSR count). The Hall–Kier alpha value is -1.39. The van der Waals surface area contributed by atoms with Crippen LogP contribution in [0.1, 0.15) is 37.3 Å². The quantitative estimate of drug-likeness (QED) is 0.922. The molecule has 1 aromatic carbocycles. The lowest BCUT2D eigenvalue weighted by Crippen LogP contribution is -2.46. The van der Waals surface area contributed by atoms with Crippen LogP contribution in [-0.4, -0.2) is 53.1 Å². The van der Waals surface area contributed by atoms with Crippen molar-refractivity contribution in [3.05, 3.63) is 35.9 Å². The molecule has 2 aliphatic heterocycles. The van der Waals surface area contributed by atoms with E-state index in [1.54, 1.807) is 0 Å². The third-order valence-electron chi connectivity index (χ3n) is 4.63. The number of carbonyl (C=O) groups excluding carboxylic acids is 1. The molecule has 0 aromatic heterocycles. The Labute approximate surface area is 126 Å².